The van der Waals surface area contributed by atoms with Crippen molar-refractivity contribution in [2.75, 3.05) is 10.6 Å². The van der Waals surface area contributed by atoms with Crippen LogP contribution in [0, 0.1) is 20.8 Å². The molecule has 2 aromatic carbocycles. The maximum absolute atomic E-state index is 6.15. The van der Waals surface area contributed by atoms with E-state index in [0.717, 1.165) is 22.5 Å². The molecular weight excluding hydrogens is 322 g/mol. The first kappa shape index (κ1) is 16.2. The first-order chi connectivity index (χ1) is 11.5. The number of hydrogen-bond donors (Lipinski definition) is 2. The number of aromatic nitrogens is 3. The van der Waals surface area contributed by atoms with Crippen molar-refractivity contribution in [2.24, 2.45) is 0 Å². The molecule has 0 saturated carbocycles. The molecule has 1 heterocycles. The van der Waals surface area contributed by atoms with Gasteiger partial charge in [-0.15, -0.1) is 5.10 Å². The highest BCUT2D eigenvalue weighted by Gasteiger charge is 2.06. The van der Waals surface area contributed by atoms with Crippen LogP contribution in [-0.2, 0) is 0 Å². The molecule has 0 fully saturated rings. The highest BCUT2D eigenvalue weighted by Crippen LogP contribution is 2.26. The predicted molar refractivity (Wildman–Crippen MR) is 98.5 cm³/mol. The smallest absolute Gasteiger partial charge is 0.249 e. The number of rotatable bonds is 4. The van der Waals surface area contributed by atoms with Crippen LogP contribution in [0.3, 0.4) is 0 Å². The van der Waals surface area contributed by atoms with Crippen molar-refractivity contribution in [1.82, 2.24) is 15.2 Å². The average molecular weight is 340 g/mol. The third-order valence-electron chi connectivity index (χ3n) is 3.72. The van der Waals surface area contributed by atoms with Gasteiger partial charge in [0.2, 0.25) is 5.95 Å². The van der Waals surface area contributed by atoms with Crippen LogP contribution in [0.2, 0.25) is 5.02 Å². The van der Waals surface area contributed by atoms with Crippen LogP contribution >= 0.6 is 11.6 Å². The Kier molecular flexibility index (Phi) is 4.62. The molecule has 0 aliphatic rings. The summed E-state index contributed by atoms with van der Waals surface area (Å²) in [5.74, 6) is 1.04. The molecule has 6 heteroatoms. The minimum atomic E-state index is 0.437. The Labute approximate surface area is 146 Å². The molecule has 0 aliphatic carbocycles. The van der Waals surface area contributed by atoms with E-state index in [1.165, 1.54) is 5.56 Å². The number of aryl methyl sites for hydroxylation is 2. The first-order valence-corrected chi connectivity index (χ1v) is 7.97. The molecule has 1 aromatic heterocycles. The molecule has 2 N–H and O–H groups in total. The molecule has 0 aliphatic heterocycles. The number of benzene rings is 2. The van der Waals surface area contributed by atoms with E-state index >= 15 is 0 Å². The van der Waals surface area contributed by atoms with Crippen molar-refractivity contribution in [3.8, 4) is 0 Å². The van der Waals surface area contributed by atoms with Gasteiger partial charge in [0.1, 0.15) is 0 Å². The molecule has 3 rings (SSSR count). The lowest BCUT2D eigenvalue weighted by Gasteiger charge is -2.11. The Bertz CT molecular complexity index is 879. The van der Waals surface area contributed by atoms with Crippen LogP contribution in [-0.4, -0.2) is 15.2 Å². The normalized spacial score (nSPS) is 10.5. The van der Waals surface area contributed by atoms with Crippen molar-refractivity contribution in [2.45, 2.75) is 20.8 Å². The monoisotopic (exact) mass is 339 g/mol. The maximum Gasteiger partial charge on any atom is 0.249 e. The number of halogens is 1. The molecule has 122 valence electrons. The van der Waals surface area contributed by atoms with Crippen LogP contribution in [0.4, 0.5) is 23.1 Å². The van der Waals surface area contributed by atoms with Crippen LogP contribution in [0.5, 0.6) is 0 Å². The fraction of sp³-hybridized carbons (Fsp3) is 0.167. The number of anilines is 4. The maximum atomic E-state index is 6.15. The number of nitrogens with one attached hydrogen (secondary N) is 2. The van der Waals surface area contributed by atoms with Crippen molar-refractivity contribution in [3.05, 3.63) is 64.3 Å². The highest BCUT2D eigenvalue weighted by atomic mass is 35.5. The molecule has 0 atom stereocenters. The van der Waals surface area contributed by atoms with E-state index in [4.69, 9.17) is 11.6 Å². The second kappa shape index (κ2) is 6.84. The lowest BCUT2D eigenvalue weighted by molar-refractivity contribution is 0.981. The molecule has 24 heavy (non-hydrogen) atoms. The SMILES string of the molecule is Cc1ccc(Nc2nncc(Nc3cccc(Cl)c3C)n2)c(C)c1. The second-order valence-electron chi connectivity index (χ2n) is 5.65. The molecule has 0 unspecified atom stereocenters. The molecule has 5 nitrogen and oxygen atoms in total. The Morgan fingerprint density at radius 2 is 1.79 bits per heavy atom. The summed E-state index contributed by atoms with van der Waals surface area (Å²) in [6.07, 6.45) is 1.58. The van der Waals surface area contributed by atoms with Gasteiger partial charge in [0.15, 0.2) is 5.82 Å². The summed E-state index contributed by atoms with van der Waals surface area (Å²) in [5.41, 5.74) is 5.15. The molecule has 3 aromatic rings. The first-order valence-electron chi connectivity index (χ1n) is 7.59. The summed E-state index contributed by atoms with van der Waals surface area (Å²) in [4.78, 5) is 4.46. The van der Waals surface area contributed by atoms with Gasteiger partial charge in [-0.1, -0.05) is 35.4 Å². The van der Waals surface area contributed by atoms with E-state index in [2.05, 4.69) is 38.8 Å². The van der Waals surface area contributed by atoms with Crippen LogP contribution < -0.4 is 10.6 Å². The summed E-state index contributed by atoms with van der Waals surface area (Å²) in [6.45, 7) is 6.06. The summed E-state index contributed by atoms with van der Waals surface area (Å²) >= 11 is 6.15. The van der Waals surface area contributed by atoms with Crippen LogP contribution in [0.25, 0.3) is 0 Å². The van der Waals surface area contributed by atoms with E-state index in [9.17, 15) is 0 Å². The lowest BCUT2D eigenvalue weighted by atomic mass is 10.1. The second-order valence-corrected chi connectivity index (χ2v) is 6.05. The molecular formula is C18H18ClN5. The Morgan fingerprint density at radius 3 is 2.58 bits per heavy atom. The fourth-order valence-corrected chi connectivity index (χ4v) is 2.55. The molecule has 0 spiro atoms. The molecule has 0 bridgehead atoms. The van der Waals surface area contributed by atoms with Gasteiger partial charge in [0.05, 0.1) is 6.20 Å². The van der Waals surface area contributed by atoms with Gasteiger partial charge < -0.3 is 10.6 Å². The third-order valence-corrected chi connectivity index (χ3v) is 4.13. The summed E-state index contributed by atoms with van der Waals surface area (Å²) < 4.78 is 0. The summed E-state index contributed by atoms with van der Waals surface area (Å²) in [5, 5.41) is 15.2. The Morgan fingerprint density at radius 1 is 0.958 bits per heavy atom. The summed E-state index contributed by atoms with van der Waals surface area (Å²) in [7, 11) is 0. The fourth-order valence-electron chi connectivity index (χ4n) is 2.37. The molecule has 0 saturated heterocycles. The van der Waals surface area contributed by atoms with Gasteiger partial charge in [0.25, 0.3) is 0 Å². The zero-order chi connectivity index (χ0) is 17.1. The van der Waals surface area contributed by atoms with Crippen molar-refractivity contribution >= 4 is 34.7 Å². The number of hydrogen-bond acceptors (Lipinski definition) is 5. The van der Waals surface area contributed by atoms with Crippen molar-refractivity contribution < 1.29 is 0 Å². The topological polar surface area (TPSA) is 62.7 Å². The van der Waals surface area contributed by atoms with E-state index in [1.807, 2.05) is 44.2 Å². The largest absolute Gasteiger partial charge is 0.339 e. The quantitative estimate of drug-likeness (QED) is 0.705. The zero-order valence-corrected chi connectivity index (χ0v) is 14.5. The Balaban J connectivity index is 1.82. The van der Waals surface area contributed by atoms with E-state index in [1.54, 1.807) is 6.20 Å². The Hall–Kier alpha value is -2.66. The van der Waals surface area contributed by atoms with E-state index in [0.29, 0.717) is 16.8 Å². The van der Waals surface area contributed by atoms with Gasteiger partial charge >= 0.3 is 0 Å². The highest BCUT2D eigenvalue weighted by molar-refractivity contribution is 6.31. The lowest BCUT2D eigenvalue weighted by Crippen LogP contribution is -2.04. The van der Waals surface area contributed by atoms with E-state index < -0.39 is 0 Å². The van der Waals surface area contributed by atoms with Crippen LogP contribution in [0.15, 0.2) is 42.6 Å². The predicted octanol–water partition coefficient (Wildman–Crippen LogP) is 4.94. The summed E-state index contributed by atoms with van der Waals surface area (Å²) in [6, 6.07) is 11.8. The minimum absolute atomic E-state index is 0.437. The van der Waals surface area contributed by atoms with Gasteiger partial charge in [-0.25, -0.2) is 0 Å². The third kappa shape index (κ3) is 3.63. The van der Waals surface area contributed by atoms with Crippen molar-refractivity contribution in [1.29, 1.82) is 0 Å². The van der Waals surface area contributed by atoms with Gasteiger partial charge in [-0.2, -0.15) is 10.1 Å². The standard InChI is InChI=1S/C18H18ClN5/c1-11-7-8-15(12(2)9-11)22-18-23-17(10-20-24-18)21-16-6-4-5-14(19)13(16)3/h4-10H,1-3H3,(H2,21,22,23,24). The minimum Gasteiger partial charge on any atom is -0.339 e. The van der Waals surface area contributed by atoms with Gasteiger partial charge in [0, 0.05) is 16.4 Å². The van der Waals surface area contributed by atoms with Crippen molar-refractivity contribution in [3.63, 3.8) is 0 Å². The zero-order valence-electron chi connectivity index (χ0n) is 13.8. The van der Waals surface area contributed by atoms with Crippen LogP contribution in [0.1, 0.15) is 16.7 Å². The molecule has 0 amide bonds. The number of nitrogens with zero attached hydrogens (tertiary/aromatic N) is 3. The average Bonchev–Trinajstić information content (AvgIpc) is 2.55. The van der Waals surface area contributed by atoms with E-state index in [-0.39, 0.29) is 0 Å². The van der Waals surface area contributed by atoms with Gasteiger partial charge in [-0.3, -0.25) is 0 Å². The van der Waals surface area contributed by atoms with Gasteiger partial charge in [-0.05, 0) is 50.1 Å². The molecule has 0 radical (unpaired) electrons.